The molecule has 0 nitrogen and oxygen atoms in total. The molecule has 0 aliphatic carbocycles. The van der Waals surface area contributed by atoms with Crippen molar-refractivity contribution in [3.05, 3.63) is 69.4 Å². The second-order valence-corrected chi connectivity index (χ2v) is 6.09. The van der Waals surface area contributed by atoms with E-state index in [0.717, 1.165) is 6.07 Å². The third-order valence-corrected chi connectivity index (χ3v) is 4.02. The van der Waals surface area contributed by atoms with Gasteiger partial charge in [-0.15, -0.1) is 0 Å². The summed E-state index contributed by atoms with van der Waals surface area (Å²) in [5, 5.41) is 0. The fourth-order valence-corrected chi connectivity index (χ4v) is 2.80. The average molecular weight is 394 g/mol. The monoisotopic (exact) mass is 392 g/mol. The zero-order valence-electron chi connectivity index (χ0n) is 9.64. The topological polar surface area (TPSA) is 0 Å². The van der Waals surface area contributed by atoms with Gasteiger partial charge < -0.3 is 0 Å². The van der Waals surface area contributed by atoms with Crippen molar-refractivity contribution in [3.63, 3.8) is 0 Å². The first-order chi connectivity index (χ1) is 8.97. The maximum absolute atomic E-state index is 13.8. The number of hydrogen-bond acceptors (Lipinski definition) is 0. The molecule has 0 fully saturated rings. The van der Waals surface area contributed by atoms with Crippen LogP contribution in [0.2, 0.25) is 0 Å². The van der Waals surface area contributed by atoms with E-state index in [9.17, 15) is 13.2 Å². The van der Waals surface area contributed by atoms with Gasteiger partial charge in [-0.1, -0.05) is 44.0 Å². The van der Waals surface area contributed by atoms with Crippen LogP contribution in [-0.2, 0) is 6.42 Å². The minimum Gasteiger partial charge on any atom is -0.207 e. The van der Waals surface area contributed by atoms with E-state index in [1.54, 1.807) is 12.1 Å². The first kappa shape index (κ1) is 14.6. The molecule has 0 bridgehead atoms. The maximum Gasteiger partial charge on any atom is 0.129 e. The lowest BCUT2D eigenvalue weighted by atomic mass is 10.0. The molecule has 0 saturated carbocycles. The van der Waals surface area contributed by atoms with Gasteiger partial charge in [-0.25, -0.2) is 13.2 Å². The Kier molecular flexibility index (Phi) is 4.68. The molecular formula is C14H9Br2F3. The quantitative estimate of drug-likeness (QED) is 0.600. The molecule has 2 aromatic carbocycles. The van der Waals surface area contributed by atoms with Gasteiger partial charge >= 0.3 is 0 Å². The molecule has 0 aliphatic heterocycles. The molecule has 1 unspecified atom stereocenters. The summed E-state index contributed by atoms with van der Waals surface area (Å²) in [6.07, 6.45) is 0.241. The number of hydrogen-bond donors (Lipinski definition) is 0. The molecule has 1 atom stereocenters. The fourth-order valence-electron chi connectivity index (χ4n) is 1.75. The van der Waals surface area contributed by atoms with Crippen LogP contribution in [0.15, 0.2) is 40.9 Å². The zero-order valence-corrected chi connectivity index (χ0v) is 12.8. The van der Waals surface area contributed by atoms with Crippen LogP contribution in [0.5, 0.6) is 0 Å². The van der Waals surface area contributed by atoms with Crippen molar-refractivity contribution in [2.75, 3.05) is 0 Å². The fraction of sp³-hybridized carbons (Fsp3) is 0.143. The number of rotatable bonds is 3. The zero-order chi connectivity index (χ0) is 14.0. The normalized spacial score (nSPS) is 12.5. The largest absolute Gasteiger partial charge is 0.207 e. The van der Waals surface area contributed by atoms with Gasteiger partial charge in [0.2, 0.25) is 0 Å². The standard InChI is InChI=1S/C14H9Br2F3/c15-9-2-4-11(14(19)6-9)12(16)5-8-1-3-10(17)7-13(8)18/h1-4,6-7,12H,5H2. The van der Waals surface area contributed by atoms with Gasteiger partial charge in [-0.3, -0.25) is 0 Å². The van der Waals surface area contributed by atoms with Gasteiger partial charge in [-0.2, -0.15) is 0 Å². The van der Waals surface area contributed by atoms with Crippen LogP contribution in [-0.4, -0.2) is 0 Å². The number of alkyl halides is 1. The molecule has 0 amide bonds. The third kappa shape index (κ3) is 3.60. The summed E-state index contributed by atoms with van der Waals surface area (Å²) in [4.78, 5) is -0.374. The summed E-state index contributed by atoms with van der Waals surface area (Å²) in [5.41, 5.74) is 0.775. The van der Waals surface area contributed by atoms with Crippen molar-refractivity contribution in [2.45, 2.75) is 11.2 Å². The van der Waals surface area contributed by atoms with Crippen LogP contribution in [0.3, 0.4) is 0 Å². The molecule has 19 heavy (non-hydrogen) atoms. The molecule has 0 spiro atoms. The smallest absolute Gasteiger partial charge is 0.129 e. The molecule has 100 valence electrons. The molecule has 0 N–H and O–H groups in total. The van der Waals surface area contributed by atoms with E-state index in [2.05, 4.69) is 31.9 Å². The minimum atomic E-state index is -0.623. The summed E-state index contributed by atoms with van der Waals surface area (Å²) < 4.78 is 40.7. The summed E-state index contributed by atoms with van der Waals surface area (Å²) in [6.45, 7) is 0. The third-order valence-electron chi connectivity index (χ3n) is 2.71. The van der Waals surface area contributed by atoms with Crippen molar-refractivity contribution < 1.29 is 13.2 Å². The van der Waals surface area contributed by atoms with Gasteiger partial charge in [0, 0.05) is 20.9 Å². The van der Waals surface area contributed by atoms with Gasteiger partial charge in [0.25, 0.3) is 0 Å². The molecule has 0 heterocycles. The molecule has 2 rings (SSSR count). The highest BCUT2D eigenvalue weighted by molar-refractivity contribution is 9.10. The molecule has 5 heteroatoms. The highest BCUT2D eigenvalue weighted by Crippen LogP contribution is 2.31. The lowest BCUT2D eigenvalue weighted by Crippen LogP contribution is -2.01. The van der Waals surface area contributed by atoms with E-state index in [1.165, 1.54) is 18.2 Å². The van der Waals surface area contributed by atoms with Gasteiger partial charge in [-0.05, 0) is 30.2 Å². The molecular weight excluding hydrogens is 385 g/mol. The first-order valence-electron chi connectivity index (χ1n) is 5.50. The van der Waals surface area contributed by atoms with Crippen LogP contribution in [0.25, 0.3) is 0 Å². The Labute approximate surface area is 125 Å². The van der Waals surface area contributed by atoms with Crippen LogP contribution in [0, 0.1) is 17.5 Å². The SMILES string of the molecule is Fc1ccc(CC(Br)c2ccc(Br)cc2F)c(F)c1. The first-order valence-corrected chi connectivity index (χ1v) is 7.21. The van der Waals surface area contributed by atoms with Gasteiger partial charge in [0.1, 0.15) is 17.5 Å². The summed E-state index contributed by atoms with van der Waals surface area (Å²) in [5.74, 6) is -1.62. The Balaban J connectivity index is 2.23. The van der Waals surface area contributed by atoms with Gasteiger partial charge in [0.05, 0.1) is 0 Å². The van der Waals surface area contributed by atoms with Crippen molar-refractivity contribution in [3.8, 4) is 0 Å². The Morgan fingerprint density at radius 1 is 0.947 bits per heavy atom. The molecule has 0 aromatic heterocycles. The van der Waals surface area contributed by atoms with E-state index in [0.29, 0.717) is 15.6 Å². The second-order valence-electron chi connectivity index (χ2n) is 4.07. The van der Waals surface area contributed by atoms with Crippen molar-refractivity contribution in [2.24, 2.45) is 0 Å². The van der Waals surface area contributed by atoms with E-state index in [-0.39, 0.29) is 17.1 Å². The Morgan fingerprint density at radius 3 is 2.32 bits per heavy atom. The summed E-state index contributed by atoms with van der Waals surface area (Å²) in [7, 11) is 0. The van der Waals surface area contributed by atoms with Crippen LogP contribution >= 0.6 is 31.9 Å². The van der Waals surface area contributed by atoms with Crippen LogP contribution in [0.1, 0.15) is 16.0 Å². The number of benzene rings is 2. The van der Waals surface area contributed by atoms with Crippen LogP contribution in [0.4, 0.5) is 13.2 Å². The molecule has 0 radical (unpaired) electrons. The summed E-state index contributed by atoms with van der Waals surface area (Å²) >= 11 is 6.51. The Hall–Kier alpha value is -0.810. The second kappa shape index (κ2) is 6.09. The lowest BCUT2D eigenvalue weighted by molar-refractivity contribution is 0.568. The predicted octanol–water partition coefficient (Wildman–Crippen LogP) is 5.55. The Morgan fingerprint density at radius 2 is 1.68 bits per heavy atom. The van der Waals surface area contributed by atoms with Crippen molar-refractivity contribution >= 4 is 31.9 Å². The minimum absolute atomic E-state index is 0.241. The van der Waals surface area contributed by atoms with Crippen molar-refractivity contribution in [1.82, 2.24) is 0 Å². The molecule has 0 saturated heterocycles. The van der Waals surface area contributed by atoms with E-state index in [4.69, 9.17) is 0 Å². The van der Waals surface area contributed by atoms with Gasteiger partial charge in [0.15, 0.2) is 0 Å². The lowest BCUT2D eigenvalue weighted by Gasteiger charge is -2.12. The Bertz CT molecular complexity index is 599. The van der Waals surface area contributed by atoms with E-state index >= 15 is 0 Å². The van der Waals surface area contributed by atoms with E-state index < -0.39 is 11.6 Å². The van der Waals surface area contributed by atoms with E-state index in [1.807, 2.05) is 0 Å². The highest BCUT2D eigenvalue weighted by atomic mass is 79.9. The van der Waals surface area contributed by atoms with Crippen molar-refractivity contribution in [1.29, 1.82) is 0 Å². The predicted molar refractivity (Wildman–Crippen MR) is 75.8 cm³/mol. The van der Waals surface area contributed by atoms with Crippen LogP contribution < -0.4 is 0 Å². The summed E-state index contributed by atoms with van der Waals surface area (Å²) in [6, 6.07) is 8.08. The molecule has 0 aliphatic rings. The average Bonchev–Trinajstić information content (AvgIpc) is 2.32. The molecule has 2 aromatic rings. The highest BCUT2D eigenvalue weighted by Gasteiger charge is 2.15. The number of halogens is 5. The maximum atomic E-state index is 13.8.